The van der Waals surface area contributed by atoms with Crippen LogP contribution in [-0.4, -0.2) is 11.1 Å². The minimum atomic E-state index is -0.930. The average Bonchev–Trinajstić information content (AvgIpc) is 2.41. The zero-order valence-corrected chi connectivity index (χ0v) is 10.8. The van der Waals surface area contributed by atoms with Crippen LogP contribution in [0.25, 0.3) is 0 Å². The number of benzene rings is 2. The third-order valence-electron chi connectivity index (χ3n) is 2.48. The molecule has 2 aromatic rings. The lowest BCUT2D eigenvalue weighted by Gasteiger charge is -2.04. The van der Waals surface area contributed by atoms with Crippen LogP contribution in [0.3, 0.4) is 0 Å². The van der Waals surface area contributed by atoms with Gasteiger partial charge in [0.15, 0.2) is 0 Å². The first-order valence-corrected chi connectivity index (χ1v) is 6.44. The van der Waals surface area contributed by atoms with E-state index in [1.165, 1.54) is 24.1 Å². The number of carbonyl (C=O) groups is 1. The zero-order chi connectivity index (χ0) is 13.7. The molecule has 0 aliphatic rings. The van der Waals surface area contributed by atoms with Gasteiger partial charge in [-0.1, -0.05) is 12.1 Å². The largest absolute Gasteiger partial charge is 0.478 e. The van der Waals surface area contributed by atoms with E-state index in [0.717, 1.165) is 10.5 Å². The van der Waals surface area contributed by atoms with E-state index in [2.05, 4.69) is 4.72 Å². The maximum absolute atomic E-state index is 12.7. The molecule has 0 bridgehead atoms. The van der Waals surface area contributed by atoms with Gasteiger partial charge in [0, 0.05) is 11.4 Å². The highest BCUT2D eigenvalue weighted by Crippen LogP contribution is 2.15. The number of nitrogens with one attached hydrogen (secondary N) is 1. The topological polar surface area (TPSA) is 49.3 Å². The molecule has 19 heavy (non-hydrogen) atoms. The predicted molar refractivity (Wildman–Crippen MR) is 72.5 cm³/mol. The maximum Gasteiger partial charge on any atom is 0.335 e. The summed E-state index contributed by atoms with van der Waals surface area (Å²) in [5, 5.41) is 8.77. The van der Waals surface area contributed by atoms with Crippen molar-refractivity contribution in [1.82, 2.24) is 4.72 Å². The molecule has 0 saturated heterocycles. The van der Waals surface area contributed by atoms with Crippen LogP contribution in [-0.2, 0) is 6.54 Å². The lowest BCUT2D eigenvalue weighted by molar-refractivity contribution is 0.0697. The summed E-state index contributed by atoms with van der Waals surface area (Å²) in [5.74, 6) is -1.19. The Morgan fingerprint density at radius 2 is 1.74 bits per heavy atom. The molecule has 0 saturated carbocycles. The molecule has 0 amide bonds. The van der Waals surface area contributed by atoms with Crippen molar-refractivity contribution in [3.05, 3.63) is 65.5 Å². The Labute approximate surface area is 114 Å². The zero-order valence-electron chi connectivity index (χ0n) is 9.97. The van der Waals surface area contributed by atoms with Crippen molar-refractivity contribution in [2.24, 2.45) is 0 Å². The summed E-state index contributed by atoms with van der Waals surface area (Å²) in [6, 6.07) is 12.9. The van der Waals surface area contributed by atoms with E-state index in [-0.39, 0.29) is 11.4 Å². The Morgan fingerprint density at radius 3 is 2.32 bits per heavy atom. The Kier molecular flexibility index (Phi) is 4.54. The fraction of sp³-hybridized carbons (Fsp3) is 0.0714. The molecular formula is C14H12FNO2S. The molecule has 2 N–H and O–H groups in total. The highest BCUT2D eigenvalue weighted by Gasteiger charge is 2.01. The molecule has 0 aliphatic carbocycles. The van der Waals surface area contributed by atoms with Crippen LogP contribution in [0, 0.1) is 5.82 Å². The van der Waals surface area contributed by atoms with Gasteiger partial charge in [-0.15, -0.1) is 0 Å². The third-order valence-corrected chi connectivity index (χ3v) is 3.28. The number of halogens is 1. The summed E-state index contributed by atoms with van der Waals surface area (Å²) in [4.78, 5) is 11.6. The van der Waals surface area contributed by atoms with Crippen molar-refractivity contribution in [3.8, 4) is 0 Å². The van der Waals surface area contributed by atoms with Crippen LogP contribution in [0.2, 0.25) is 0 Å². The van der Waals surface area contributed by atoms with Crippen LogP contribution >= 0.6 is 11.9 Å². The highest BCUT2D eigenvalue weighted by atomic mass is 32.2. The average molecular weight is 277 g/mol. The molecule has 0 radical (unpaired) electrons. The quantitative estimate of drug-likeness (QED) is 0.823. The summed E-state index contributed by atoms with van der Waals surface area (Å²) in [7, 11) is 0. The summed E-state index contributed by atoms with van der Waals surface area (Å²) in [6.45, 7) is 0.599. The number of hydrogen-bond donors (Lipinski definition) is 2. The van der Waals surface area contributed by atoms with Gasteiger partial charge in [-0.25, -0.2) is 9.18 Å². The Balaban J connectivity index is 1.85. The smallest absolute Gasteiger partial charge is 0.335 e. The summed E-state index contributed by atoms with van der Waals surface area (Å²) >= 11 is 1.40. The normalized spacial score (nSPS) is 10.4. The molecule has 5 heteroatoms. The van der Waals surface area contributed by atoms with E-state index >= 15 is 0 Å². The van der Waals surface area contributed by atoms with Crippen molar-refractivity contribution < 1.29 is 14.3 Å². The summed E-state index contributed by atoms with van der Waals surface area (Å²) in [6.07, 6.45) is 0. The number of carboxylic acids is 1. The van der Waals surface area contributed by atoms with Gasteiger partial charge in [0.25, 0.3) is 0 Å². The van der Waals surface area contributed by atoms with Crippen molar-refractivity contribution in [2.75, 3.05) is 0 Å². The standard InChI is InChI=1S/C14H12FNO2S/c15-12-5-7-13(8-6-12)19-16-9-10-1-3-11(4-2-10)14(17)18/h1-8,16H,9H2,(H,17,18). The molecule has 98 valence electrons. The van der Waals surface area contributed by atoms with Crippen LogP contribution in [0.15, 0.2) is 53.4 Å². The number of rotatable bonds is 5. The molecule has 2 aromatic carbocycles. The lowest BCUT2D eigenvalue weighted by Crippen LogP contribution is -2.03. The third kappa shape index (κ3) is 4.08. The van der Waals surface area contributed by atoms with Crippen LogP contribution in [0.4, 0.5) is 4.39 Å². The predicted octanol–water partition coefficient (Wildman–Crippen LogP) is 3.32. The van der Waals surface area contributed by atoms with Gasteiger partial charge >= 0.3 is 5.97 Å². The molecule has 0 atom stereocenters. The summed E-state index contributed by atoms with van der Waals surface area (Å²) < 4.78 is 15.8. The van der Waals surface area contributed by atoms with Gasteiger partial charge in [-0.2, -0.15) is 0 Å². The van der Waals surface area contributed by atoms with E-state index in [0.29, 0.717) is 6.54 Å². The molecule has 0 aliphatic heterocycles. The molecule has 2 rings (SSSR count). The van der Waals surface area contributed by atoms with Crippen LogP contribution in [0.5, 0.6) is 0 Å². The molecule has 0 spiro atoms. The van der Waals surface area contributed by atoms with Crippen LogP contribution in [0.1, 0.15) is 15.9 Å². The second kappa shape index (κ2) is 6.36. The second-order valence-electron chi connectivity index (χ2n) is 3.88. The van der Waals surface area contributed by atoms with E-state index in [4.69, 9.17) is 5.11 Å². The van der Waals surface area contributed by atoms with Crippen molar-refractivity contribution >= 4 is 17.9 Å². The van der Waals surface area contributed by atoms with Crippen molar-refractivity contribution in [1.29, 1.82) is 0 Å². The van der Waals surface area contributed by atoms with Gasteiger partial charge < -0.3 is 5.11 Å². The fourth-order valence-electron chi connectivity index (χ4n) is 1.47. The van der Waals surface area contributed by atoms with Gasteiger partial charge in [0.05, 0.1) is 5.56 Å². The minimum Gasteiger partial charge on any atom is -0.478 e. The van der Waals surface area contributed by atoms with Gasteiger partial charge in [-0.3, -0.25) is 4.72 Å². The monoisotopic (exact) mass is 277 g/mol. The van der Waals surface area contributed by atoms with Gasteiger partial charge in [0.1, 0.15) is 5.82 Å². The van der Waals surface area contributed by atoms with Crippen molar-refractivity contribution in [2.45, 2.75) is 11.4 Å². The number of aromatic carboxylic acids is 1. The van der Waals surface area contributed by atoms with E-state index < -0.39 is 5.97 Å². The Morgan fingerprint density at radius 1 is 1.11 bits per heavy atom. The lowest BCUT2D eigenvalue weighted by atomic mass is 10.1. The Hall–Kier alpha value is -1.85. The van der Waals surface area contributed by atoms with Gasteiger partial charge in [0.2, 0.25) is 0 Å². The maximum atomic E-state index is 12.7. The highest BCUT2D eigenvalue weighted by molar-refractivity contribution is 7.97. The number of carboxylic acid groups (broad SMARTS) is 1. The van der Waals surface area contributed by atoms with Gasteiger partial charge in [-0.05, 0) is 53.9 Å². The molecule has 0 heterocycles. The summed E-state index contributed by atoms with van der Waals surface area (Å²) in [5.41, 5.74) is 1.26. The molecular weight excluding hydrogens is 265 g/mol. The van der Waals surface area contributed by atoms with E-state index in [9.17, 15) is 9.18 Å². The number of hydrogen-bond acceptors (Lipinski definition) is 3. The SMILES string of the molecule is O=C(O)c1ccc(CNSc2ccc(F)cc2)cc1. The molecule has 0 fully saturated rings. The first-order valence-electron chi connectivity index (χ1n) is 5.62. The van der Waals surface area contributed by atoms with E-state index in [1.54, 1.807) is 36.4 Å². The first-order chi connectivity index (χ1) is 9.15. The van der Waals surface area contributed by atoms with Crippen molar-refractivity contribution in [3.63, 3.8) is 0 Å². The fourth-order valence-corrected chi connectivity index (χ4v) is 2.15. The molecule has 3 nitrogen and oxygen atoms in total. The van der Waals surface area contributed by atoms with Crippen LogP contribution < -0.4 is 4.72 Å². The first kappa shape index (κ1) is 13.6. The van der Waals surface area contributed by atoms with E-state index in [1.807, 2.05) is 0 Å². The molecule has 0 aromatic heterocycles. The minimum absolute atomic E-state index is 0.256. The Bertz CT molecular complexity index is 555. The second-order valence-corrected chi connectivity index (χ2v) is 4.84. The molecule has 0 unspecified atom stereocenters.